The number of benzene rings is 1. The summed E-state index contributed by atoms with van der Waals surface area (Å²) in [5.74, 6) is 0.825. The van der Waals surface area contributed by atoms with Crippen LogP contribution in [0.1, 0.15) is 12.8 Å². The van der Waals surface area contributed by atoms with Gasteiger partial charge in [-0.1, -0.05) is 12.1 Å². The van der Waals surface area contributed by atoms with Crippen molar-refractivity contribution in [3.63, 3.8) is 0 Å². The van der Waals surface area contributed by atoms with Crippen molar-refractivity contribution in [3.05, 3.63) is 29.0 Å². The summed E-state index contributed by atoms with van der Waals surface area (Å²) in [6.45, 7) is 2.48. The lowest BCUT2D eigenvalue weighted by molar-refractivity contribution is 0.117. The average molecular weight is 248 g/mol. The predicted octanol–water partition coefficient (Wildman–Crippen LogP) is 3.13. The van der Waals surface area contributed by atoms with Crippen LogP contribution >= 0.6 is 12.2 Å². The van der Waals surface area contributed by atoms with E-state index < -0.39 is 0 Å². The zero-order chi connectivity index (χ0) is 11.7. The van der Waals surface area contributed by atoms with Crippen molar-refractivity contribution in [1.82, 2.24) is 9.55 Å². The first-order valence-electron chi connectivity index (χ1n) is 6.10. The van der Waals surface area contributed by atoms with Crippen LogP contribution in [0.5, 0.6) is 0 Å². The minimum atomic E-state index is 0.743. The van der Waals surface area contributed by atoms with Crippen molar-refractivity contribution in [1.29, 1.82) is 0 Å². The molecular formula is C13H16N2OS. The van der Waals surface area contributed by atoms with E-state index in [9.17, 15) is 0 Å². The van der Waals surface area contributed by atoms with Crippen molar-refractivity contribution < 1.29 is 4.74 Å². The van der Waals surface area contributed by atoms with Crippen LogP contribution in [-0.4, -0.2) is 22.8 Å². The van der Waals surface area contributed by atoms with Crippen molar-refractivity contribution in [2.45, 2.75) is 19.4 Å². The maximum atomic E-state index is 5.65. The van der Waals surface area contributed by atoms with E-state index in [4.69, 9.17) is 17.0 Å². The number of rotatable bonds is 5. The Morgan fingerprint density at radius 2 is 2.18 bits per heavy atom. The summed E-state index contributed by atoms with van der Waals surface area (Å²) in [5.41, 5.74) is 2.26. The fourth-order valence-corrected chi connectivity index (χ4v) is 2.32. The van der Waals surface area contributed by atoms with Gasteiger partial charge in [0.05, 0.1) is 17.6 Å². The fraction of sp³-hybridized carbons (Fsp3) is 0.462. The average Bonchev–Trinajstić information content (AvgIpc) is 3.09. The highest BCUT2D eigenvalue weighted by molar-refractivity contribution is 7.71. The number of aromatic amines is 1. The van der Waals surface area contributed by atoms with E-state index in [-0.39, 0.29) is 0 Å². The predicted molar refractivity (Wildman–Crippen MR) is 70.7 cm³/mol. The Morgan fingerprint density at radius 1 is 1.35 bits per heavy atom. The molecular weight excluding hydrogens is 232 g/mol. The van der Waals surface area contributed by atoms with Gasteiger partial charge in [0.2, 0.25) is 0 Å². The third-order valence-electron chi connectivity index (χ3n) is 3.19. The Kier molecular flexibility index (Phi) is 2.99. The molecule has 0 aliphatic heterocycles. The van der Waals surface area contributed by atoms with Gasteiger partial charge in [-0.25, -0.2) is 0 Å². The van der Waals surface area contributed by atoms with Gasteiger partial charge in [0.25, 0.3) is 0 Å². The number of imidazole rings is 1. The number of nitrogens with zero attached hydrogens (tertiary/aromatic N) is 1. The highest BCUT2D eigenvalue weighted by atomic mass is 32.1. The van der Waals surface area contributed by atoms with Crippen molar-refractivity contribution >= 4 is 23.3 Å². The van der Waals surface area contributed by atoms with Gasteiger partial charge in [0, 0.05) is 13.2 Å². The van der Waals surface area contributed by atoms with Crippen LogP contribution in [0.25, 0.3) is 11.0 Å². The van der Waals surface area contributed by atoms with Gasteiger partial charge in [-0.15, -0.1) is 0 Å². The fourth-order valence-electron chi connectivity index (χ4n) is 2.02. The normalized spacial score (nSPS) is 15.5. The molecule has 90 valence electrons. The quantitative estimate of drug-likeness (QED) is 0.651. The smallest absolute Gasteiger partial charge is 0.178 e. The van der Waals surface area contributed by atoms with E-state index in [1.54, 1.807) is 0 Å². The number of aromatic nitrogens is 2. The molecule has 1 fully saturated rings. The van der Waals surface area contributed by atoms with Crippen LogP contribution in [0.15, 0.2) is 24.3 Å². The van der Waals surface area contributed by atoms with E-state index in [1.807, 2.05) is 18.2 Å². The van der Waals surface area contributed by atoms with Crippen LogP contribution in [-0.2, 0) is 11.3 Å². The molecule has 0 saturated heterocycles. The van der Waals surface area contributed by atoms with Gasteiger partial charge >= 0.3 is 0 Å². The topological polar surface area (TPSA) is 29.9 Å². The van der Waals surface area contributed by atoms with Gasteiger partial charge in [-0.05, 0) is 43.1 Å². The zero-order valence-corrected chi connectivity index (χ0v) is 10.5. The van der Waals surface area contributed by atoms with Crippen LogP contribution in [0.2, 0.25) is 0 Å². The Labute approximate surface area is 105 Å². The number of hydrogen-bond acceptors (Lipinski definition) is 2. The maximum Gasteiger partial charge on any atom is 0.178 e. The molecule has 0 amide bonds. The molecule has 3 nitrogen and oxygen atoms in total. The van der Waals surface area contributed by atoms with Crippen molar-refractivity contribution in [2.24, 2.45) is 5.92 Å². The van der Waals surface area contributed by atoms with Crippen LogP contribution in [0.3, 0.4) is 0 Å². The first kappa shape index (κ1) is 11.0. The summed E-state index contributed by atoms with van der Waals surface area (Å²) >= 11 is 5.32. The highest BCUT2D eigenvalue weighted by Gasteiger charge is 2.20. The maximum absolute atomic E-state index is 5.65. The van der Waals surface area contributed by atoms with E-state index in [0.29, 0.717) is 0 Å². The minimum Gasteiger partial charge on any atom is -0.379 e. The molecule has 1 aliphatic carbocycles. The molecule has 2 aromatic rings. The second-order valence-electron chi connectivity index (χ2n) is 4.62. The van der Waals surface area contributed by atoms with Gasteiger partial charge in [-0.2, -0.15) is 0 Å². The number of fused-ring (bicyclic) bond motifs is 1. The van der Waals surface area contributed by atoms with Crippen LogP contribution in [0.4, 0.5) is 0 Å². The van der Waals surface area contributed by atoms with Crippen molar-refractivity contribution in [2.75, 3.05) is 13.2 Å². The molecule has 4 heteroatoms. The first-order chi connectivity index (χ1) is 8.34. The molecule has 3 rings (SSSR count). The standard InChI is InChI=1S/C13H16N2OS/c17-13-14-11-3-1-2-4-12(11)15(13)7-8-16-9-10-5-6-10/h1-4,10H,5-9H2,(H,14,17). The monoisotopic (exact) mass is 248 g/mol. The molecule has 1 aromatic carbocycles. The number of H-pyrrole nitrogens is 1. The van der Waals surface area contributed by atoms with Gasteiger partial charge in [0.1, 0.15) is 0 Å². The highest BCUT2D eigenvalue weighted by Crippen LogP contribution is 2.28. The van der Waals surface area contributed by atoms with Crippen LogP contribution in [0, 0.1) is 10.7 Å². The van der Waals surface area contributed by atoms with E-state index in [1.165, 1.54) is 12.8 Å². The summed E-state index contributed by atoms with van der Waals surface area (Å²) in [4.78, 5) is 3.21. The molecule has 0 radical (unpaired) electrons. The van der Waals surface area contributed by atoms with Crippen LogP contribution < -0.4 is 0 Å². The molecule has 1 heterocycles. The number of ether oxygens (including phenoxy) is 1. The second-order valence-corrected chi connectivity index (χ2v) is 5.00. The number of hydrogen-bond donors (Lipinski definition) is 1. The number of para-hydroxylation sites is 2. The summed E-state index contributed by atoms with van der Waals surface area (Å²) in [7, 11) is 0. The van der Waals surface area contributed by atoms with E-state index >= 15 is 0 Å². The Hall–Kier alpha value is -1.13. The van der Waals surface area contributed by atoms with E-state index in [0.717, 1.165) is 41.5 Å². The molecule has 0 spiro atoms. The molecule has 0 bridgehead atoms. The Bertz CT molecular complexity index is 568. The largest absolute Gasteiger partial charge is 0.379 e. The third kappa shape index (κ3) is 2.42. The third-order valence-corrected chi connectivity index (χ3v) is 3.51. The summed E-state index contributed by atoms with van der Waals surface area (Å²) < 4.78 is 8.54. The zero-order valence-electron chi connectivity index (χ0n) is 9.69. The Morgan fingerprint density at radius 3 is 3.00 bits per heavy atom. The van der Waals surface area contributed by atoms with Gasteiger partial charge in [0.15, 0.2) is 4.77 Å². The molecule has 0 unspecified atom stereocenters. The summed E-state index contributed by atoms with van der Waals surface area (Å²) in [6, 6.07) is 8.18. The molecule has 17 heavy (non-hydrogen) atoms. The Balaban J connectivity index is 1.70. The first-order valence-corrected chi connectivity index (χ1v) is 6.51. The molecule has 1 aromatic heterocycles. The lowest BCUT2D eigenvalue weighted by Crippen LogP contribution is -2.07. The number of nitrogens with one attached hydrogen (secondary N) is 1. The molecule has 0 atom stereocenters. The lowest BCUT2D eigenvalue weighted by atomic mass is 10.3. The molecule has 1 saturated carbocycles. The lowest BCUT2D eigenvalue weighted by Gasteiger charge is -2.05. The minimum absolute atomic E-state index is 0.743. The van der Waals surface area contributed by atoms with Gasteiger partial charge < -0.3 is 14.3 Å². The van der Waals surface area contributed by atoms with Gasteiger partial charge in [-0.3, -0.25) is 0 Å². The van der Waals surface area contributed by atoms with Crippen molar-refractivity contribution in [3.8, 4) is 0 Å². The second kappa shape index (κ2) is 4.63. The molecule has 1 aliphatic rings. The molecule has 1 N–H and O–H groups in total. The summed E-state index contributed by atoms with van der Waals surface area (Å²) in [5, 5.41) is 0. The summed E-state index contributed by atoms with van der Waals surface area (Å²) in [6.07, 6.45) is 2.68. The SMILES string of the molecule is S=c1[nH]c2ccccc2n1CCOCC1CC1. The van der Waals surface area contributed by atoms with E-state index in [2.05, 4.69) is 15.6 Å².